The Morgan fingerprint density at radius 3 is 2.28 bits per heavy atom. The van der Waals surface area contributed by atoms with Gasteiger partial charge in [-0.05, 0) is 56.7 Å². The molecule has 0 fully saturated rings. The maximum absolute atomic E-state index is 13.1. The van der Waals surface area contributed by atoms with Crippen LogP contribution in [0.15, 0.2) is 57.9 Å². The number of anilines is 1. The van der Waals surface area contributed by atoms with Gasteiger partial charge in [0.25, 0.3) is 10.0 Å². The van der Waals surface area contributed by atoms with Crippen LogP contribution >= 0.6 is 15.9 Å². The number of para-hydroxylation sites is 1. The standard InChI is InChI=1S/C18H20BrNO4S/c1-13(2)24-18(21)12-20(17-7-5-4-6-14(17)3)25(22,23)16-10-8-15(19)9-11-16/h4-11,13H,12H2,1-3H3. The molecule has 2 rings (SSSR count). The molecule has 0 unspecified atom stereocenters. The molecule has 0 saturated heterocycles. The molecular formula is C18H20BrNO4S. The zero-order valence-electron chi connectivity index (χ0n) is 14.3. The molecule has 5 nitrogen and oxygen atoms in total. The van der Waals surface area contributed by atoms with Crippen LogP contribution in [0.2, 0.25) is 0 Å². The van der Waals surface area contributed by atoms with Crippen molar-refractivity contribution < 1.29 is 17.9 Å². The van der Waals surface area contributed by atoms with Gasteiger partial charge in [0.05, 0.1) is 16.7 Å². The first kappa shape index (κ1) is 19.5. The molecule has 7 heteroatoms. The van der Waals surface area contributed by atoms with Crippen molar-refractivity contribution >= 4 is 37.6 Å². The van der Waals surface area contributed by atoms with E-state index in [1.165, 1.54) is 12.1 Å². The Labute approximate surface area is 156 Å². The van der Waals surface area contributed by atoms with Gasteiger partial charge in [-0.2, -0.15) is 0 Å². The monoisotopic (exact) mass is 425 g/mol. The average molecular weight is 426 g/mol. The summed E-state index contributed by atoms with van der Waals surface area (Å²) in [5.41, 5.74) is 1.20. The van der Waals surface area contributed by atoms with E-state index in [2.05, 4.69) is 15.9 Å². The Kier molecular flexibility index (Phi) is 6.24. The molecule has 0 heterocycles. The number of hydrogen-bond acceptors (Lipinski definition) is 4. The molecule has 0 radical (unpaired) electrons. The molecule has 0 atom stereocenters. The molecule has 0 aromatic heterocycles. The molecule has 0 amide bonds. The first-order valence-electron chi connectivity index (χ1n) is 7.75. The summed E-state index contributed by atoms with van der Waals surface area (Å²) >= 11 is 3.29. The molecule has 0 spiro atoms. The number of carbonyl (C=O) groups excluding carboxylic acids is 1. The normalized spacial score (nSPS) is 11.4. The molecule has 2 aromatic rings. The summed E-state index contributed by atoms with van der Waals surface area (Å²) in [6.07, 6.45) is -0.318. The van der Waals surface area contributed by atoms with Gasteiger partial charge in [0.1, 0.15) is 6.54 Å². The molecule has 0 bridgehead atoms. The zero-order valence-corrected chi connectivity index (χ0v) is 16.7. The summed E-state index contributed by atoms with van der Waals surface area (Å²) in [5, 5.41) is 0. The van der Waals surface area contributed by atoms with Gasteiger partial charge in [0.2, 0.25) is 0 Å². The third kappa shape index (κ3) is 4.83. The molecule has 134 valence electrons. The fourth-order valence-electron chi connectivity index (χ4n) is 2.29. The Bertz CT molecular complexity index is 848. The van der Waals surface area contributed by atoms with E-state index in [1.54, 1.807) is 51.1 Å². The predicted molar refractivity (Wildman–Crippen MR) is 101 cm³/mol. The topological polar surface area (TPSA) is 63.7 Å². The fourth-order valence-corrected chi connectivity index (χ4v) is 4.03. The van der Waals surface area contributed by atoms with E-state index in [0.717, 1.165) is 14.3 Å². The zero-order chi connectivity index (χ0) is 18.6. The van der Waals surface area contributed by atoms with Crippen LogP contribution in [0.4, 0.5) is 5.69 Å². The summed E-state index contributed by atoms with van der Waals surface area (Å²) < 4.78 is 33.2. The minimum atomic E-state index is -3.91. The highest BCUT2D eigenvalue weighted by Gasteiger charge is 2.28. The molecule has 0 aliphatic carbocycles. The van der Waals surface area contributed by atoms with E-state index in [-0.39, 0.29) is 17.5 Å². The van der Waals surface area contributed by atoms with Gasteiger partial charge in [-0.15, -0.1) is 0 Å². The van der Waals surface area contributed by atoms with Crippen LogP contribution in [0, 0.1) is 6.92 Å². The minimum absolute atomic E-state index is 0.108. The maximum Gasteiger partial charge on any atom is 0.327 e. The molecular weight excluding hydrogens is 406 g/mol. The van der Waals surface area contributed by atoms with Gasteiger partial charge in [-0.1, -0.05) is 34.1 Å². The van der Waals surface area contributed by atoms with Gasteiger partial charge in [-0.25, -0.2) is 8.42 Å². The van der Waals surface area contributed by atoms with Crippen LogP contribution in [-0.4, -0.2) is 27.0 Å². The highest BCUT2D eigenvalue weighted by molar-refractivity contribution is 9.10. The number of rotatable bonds is 6. The second-order valence-corrected chi connectivity index (χ2v) is 8.57. The highest BCUT2D eigenvalue weighted by Crippen LogP contribution is 2.27. The number of carbonyl (C=O) groups is 1. The number of hydrogen-bond donors (Lipinski definition) is 0. The smallest absolute Gasteiger partial charge is 0.327 e. The molecule has 0 N–H and O–H groups in total. The molecule has 2 aromatic carbocycles. The summed E-state index contributed by atoms with van der Waals surface area (Å²) in [7, 11) is -3.91. The van der Waals surface area contributed by atoms with Crippen molar-refractivity contribution in [3.8, 4) is 0 Å². The molecule has 0 aliphatic heterocycles. The number of ether oxygens (including phenoxy) is 1. The number of nitrogens with zero attached hydrogens (tertiary/aromatic N) is 1. The number of benzene rings is 2. The van der Waals surface area contributed by atoms with Crippen LogP contribution in [0.1, 0.15) is 19.4 Å². The maximum atomic E-state index is 13.1. The summed E-state index contributed by atoms with van der Waals surface area (Å²) in [6.45, 7) is 4.85. The summed E-state index contributed by atoms with van der Waals surface area (Å²) in [6, 6.07) is 13.3. The van der Waals surface area contributed by atoms with Crippen molar-refractivity contribution in [1.29, 1.82) is 0 Å². The van der Waals surface area contributed by atoms with Crippen molar-refractivity contribution in [2.75, 3.05) is 10.8 Å². The Morgan fingerprint density at radius 1 is 1.12 bits per heavy atom. The van der Waals surface area contributed by atoms with E-state index in [9.17, 15) is 13.2 Å². The third-order valence-electron chi connectivity index (χ3n) is 3.43. The Hall–Kier alpha value is -1.86. The van der Waals surface area contributed by atoms with E-state index in [0.29, 0.717) is 5.69 Å². The molecule has 25 heavy (non-hydrogen) atoms. The summed E-state index contributed by atoms with van der Waals surface area (Å²) in [5.74, 6) is -0.598. The lowest BCUT2D eigenvalue weighted by molar-refractivity contribution is -0.145. The SMILES string of the molecule is Cc1ccccc1N(CC(=O)OC(C)C)S(=O)(=O)c1ccc(Br)cc1. The fraction of sp³-hybridized carbons (Fsp3) is 0.278. The number of sulfonamides is 1. The quantitative estimate of drug-likeness (QED) is 0.658. The molecule has 0 saturated carbocycles. The predicted octanol–water partition coefficient (Wildman–Crippen LogP) is 3.90. The van der Waals surface area contributed by atoms with Crippen molar-refractivity contribution in [3.05, 3.63) is 58.6 Å². The average Bonchev–Trinajstić information content (AvgIpc) is 2.53. The lowest BCUT2D eigenvalue weighted by atomic mass is 10.2. The van der Waals surface area contributed by atoms with Crippen molar-refractivity contribution in [2.45, 2.75) is 31.8 Å². The van der Waals surface area contributed by atoms with E-state index in [1.807, 2.05) is 6.07 Å². The Morgan fingerprint density at radius 2 is 1.72 bits per heavy atom. The van der Waals surface area contributed by atoms with Gasteiger partial charge in [0.15, 0.2) is 0 Å². The van der Waals surface area contributed by atoms with Gasteiger partial charge in [-0.3, -0.25) is 9.10 Å². The van der Waals surface area contributed by atoms with E-state index in [4.69, 9.17) is 4.74 Å². The van der Waals surface area contributed by atoms with Gasteiger partial charge < -0.3 is 4.74 Å². The molecule has 0 aliphatic rings. The second kappa shape index (κ2) is 8.01. The summed E-state index contributed by atoms with van der Waals surface area (Å²) in [4.78, 5) is 12.3. The Balaban J connectivity index is 2.48. The van der Waals surface area contributed by atoms with Crippen LogP contribution < -0.4 is 4.31 Å². The van der Waals surface area contributed by atoms with Crippen molar-refractivity contribution in [1.82, 2.24) is 0 Å². The third-order valence-corrected chi connectivity index (χ3v) is 5.73. The minimum Gasteiger partial charge on any atom is -0.462 e. The number of halogens is 1. The number of aryl methyl sites for hydroxylation is 1. The van der Waals surface area contributed by atoms with Crippen LogP contribution in [-0.2, 0) is 19.6 Å². The van der Waals surface area contributed by atoms with Crippen molar-refractivity contribution in [2.24, 2.45) is 0 Å². The lowest BCUT2D eigenvalue weighted by Gasteiger charge is -2.25. The van der Waals surface area contributed by atoms with E-state index >= 15 is 0 Å². The first-order valence-corrected chi connectivity index (χ1v) is 9.98. The van der Waals surface area contributed by atoms with E-state index < -0.39 is 16.0 Å². The lowest BCUT2D eigenvalue weighted by Crippen LogP contribution is -2.37. The van der Waals surface area contributed by atoms with Crippen LogP contribution in [0.3, 0.4) is 0 Å². The van der Waals surface area contributed by atoms with Crippen LogP contribution in [0.25, 0.3) is 0 Å². The highest BCUT2D eigenvalue weighted by atomic mass is 79.9. The van der Waals surface area contributed by atoms with Gasteiger partial charge >= 0.3 is 5.97 Å². The number of esters is 1. The van der Waals surface area contributed by atoms with Gasteiger partial charge in [0, 0.05) is 4.47 Å². The van der Waals surface area contributed by atoms with Crippen LogP contribution in [0.5, 0.6) is 0 Å². The second-order valence-electron chi connectivity index (χ2n) is 5.79. The first-order chi connectivity index (χ1) is 11.7. The largest absolute Gasteiger partial charge is 0.462 e. The van der Waals surface area contributed by atoms with Crippen molar-refractivity contribution in [3.63, 3.8) is 0 Å².